The van der Waals surface area contributed by atoms with Gasteiger partial charge in [0.15, 0.2) is 0 Å². The van der Waals surface area contributed by atoms with Gasteiger partial charge in [-0.3, -0.25) is 4.79 Å². The van der Waals surface area contributed by atoms with Crippen LogP contribution in [0.15, 0.2) is 22.7 Å². The molecule has 0 N–H and O–H groups in total. The van der Waals surface area contributed by atoms with Gasteiger partial charge < -0.3 is 0 Å². The summed E-state index contributed by atoms with van der Waals surface area (Å²) in [6.45, 7) is 0. The van der Waals surface area contributed by atoms with Crippen LogP contribution in [-0.4, -0.2) is 6.29 Å². The third-order valence-electron chi connectivity index (χ3n) is 1.72. The summed E-state index contributed by atoms with van der Waals surface area (Å²) in [5.41, 5.74) is 0.665. The van der Waals surface area contributed by atoms with Crippen molar-refractivity contribution in [2.24, 2.45) is 0 Å². The molecule has 1 heterocycles. The van der Waals surface area contributed by atoms with E-state index in [9.17, 15) is 4.79 Å². The van der Waals surface area contributed by atoms with Gasteiger partial charge in [0.05, 0.1) is 4.34 Å². The highest BCUT2D eigenvalue weighted by molar-refractivity contribution is 9.10. The molecular formula is C9H4BrClOS. The highest BCUT2D eigenvalue weighted by atomic mass is 79.9. The smallest absolute Gasteiger partial charge is 0.150 e. The molecule has 0 spiro atoms. The first-order valence-corrected chi connectivity index (χ1v) is 5.53. The van der Waals surface area contributed by atoms with Gasteiger partial charge in [-0.15, -0.1) is 11.3 Å². The number of fused-ring (bicyclic) bond motifs is 1. The van der Waals surface area contributed by atoms with Crippen LogP contribution in [0.25, 0.3) is 10.1 Å². The molecule has 1 nitrogen and oxygen atoms in total. The maximum Gasteiger partial charge on any atom is 0.150 e. The van der Waals surface area contributed by atoms with Crippen molar-refractivity contribution in [2.45, 2.75) is 0 Å². The minimum atomic E-state index is 0.665. The van der Waals surface area contributed by atoms with Crippen molar-refractivity contribution in [3.05, 3.63) is 32.6 Å². The van der Waals surface area contributed by atoms with Crippen LogP contribution in [0, 0.1) is 0 Å². The normalized spacial score (nSPS) is 10.6. The molecule has 66 valence electrons. The van der Waals surface area contributed by atoms with E-state index < -0.39 is 0 Å². The summed E-state index contributed by atoms with van der Waals surface area (Å²) in [7, 11) is 0. The number of hydrogen-bond donors (Lipinski definition) is 0. The van der Waals surface area contributed by atoms with Crippen LogP contribution < -0.4 is 0 Å². The molecular weight excluding hydrogens is 272 g/mol. The Morgan fingerprint density at radius 2 is 2.15 bits per heavy atom. The first-order chi connectivity index (χ1) is 6.20. The second-order valence-corrected chi connectivity index (χ2v) is 5.15. The van der Waals surface area contributed by atoms with E-state index in [0.717, 1.165) is 25.2 Å². The SMILES string of the molecule is O=Cc1cc(Br)c2cc(Cl)sc2c1. The van der Waals surface area contributed by atoms with Crippen molar-refractivity contribution < 1.29 is 4.79 Å². The lowest BCUT2D eigenvalue weighted by Crippen LogP contribution is -1.78. The second-order valence-electron chi connectivity index (χ2n) is 2.58. The molecule has 0 aliphatic heterocycles. The van der Waals surface area contributed by atoms with Gasteiger partial charge in [0.2, 0.25) is 0 Å². The van der Waals surface area contributed by atoms with E-state index in [4.69, 9.17) is 11.6 Å². The average molecular weight is 276 g/mol. The largest absolute Gasteiger partial charge is 0.298 e. The van der Waals surface area contributed by atoms with Crippen molar-refractivity contribution in [3.8, 4) is 0 Å². The lowest BCUT2D eigenvalue weighted by Gasteiger charge is -1.94. The fraction of sp³-hybridized carbons (Fsp3) is 0. The Labute approximate surface area is 92.5 Å². The van der Waals surface area contributed by atoms with Crippen LogP contribution in [-0.2, 0) is 0 Å². The number of carbonyl (C=O) groups excluding carboxylic acids is 1. The van der Waals surface area contributed by atoms with Crippen molar-refractivity contribution >= 4 is 55.2 Å². The summed E-state index contributed by atoms with van der Waals surface area (Å²) in [6.07, 6.45) is 0.831. The molecule has 4 heteroatoms. The molecule has 0 aliphatic carbocycles. The summed E-state index contributed by atoms with van der Waals surface area (Å²) in [5.74, 6) is 0. The molecule has 0 unspecified atom stereocenters. The van der Waals surface area contributed by atoms with E-state index in [1.54, 1.807) is 6.07 Å². The predicted octanol–water partition coefficient (Wildman–Crippen LogP) is 4.13. The maximum absolute atomic E-state index is 10.6. The highest BCUT2D eigenvalue weighted by Crippen LogP contribution is 2.34. The molecule has 2 aromatic rings. The number of carbonyl (C=O) groups is 1. The molecule has 0 saturated heterocycles. The fourth-order valence-corrected chi connectivity index (χ4v) is 3.10. The Hall–Kier alpha value is -0.380. The topological polar surface area (TPSA) is 17.1 Å². The van der Waals surface area contributed by atoms with E-state index in [2.05, 4.69) is 15.9 Å². The molecule has 0 atom stereocenters. The Morgan fingerprint density at radius 1 is 1.38 bits per heavy atom. The second kappa shape index (κ2) is 3.40. The maximum atomic E-state index is 10.6. The number of aldehydes is 1. The predicted molar refractivity (Wildman–Crippen MR) is 59.9 cm³/mol. The molecule has 0 fully saturated rings. The highest BCUT2D eigenvalue weighted by Gasteiger charge is 2.05. The number of halogens is 2. The Bertz CT molecular complexity index is 478. The monoisotopic (exact) mass is 274 g/mol. The zero-order valence-electron chi connectivity index (χ0n) is 6.38. The standard InChI is InChI=1S/C9H4BrClOS/c10-7-1-5(4-12)2-8-6(7)3-9(11)13-8/h1-4H. The number of thiophene rings is 1. The lowest BCUT2D eigenvalue weighted by atomic mass is 10.2. The molecule has 2 rings (SSSR count). The van der Waals surface area contributed by atoms with Crippen molar-refractivity contribution in [3.63, 3.8) is 0 Å². The minimum Gasteiger partial charge on any atom is -0.298 e. The van der Waals surface area contributed by atoms with E-state index in [1.807, 2.05) is 12.1 Å². The van der Waals surface area contributed by atoms with Crippen LogP contribution in [0.5, 0.6) is 0 Å². The summed E-state index contributed by atoms with van der Waals surface area (Å²) < 4.78 is 2.68. The van der Waals surface area contributed by atoms with Gasteiger partial charge in [0.25, 0.3) is 0 Å². The lowest BCUT2D eigenvalue weighted by molar-refractivity contribution is 0.112. The Morgan fingerprint density at radius 3 is 2.85 bits per heavy atom. The van der Waals surface area contributed by atoms with Gasteiger partial charge in [0, 0.05) is 20.1 Å². The van der Waals surface area contributed by atoms with Gasteiger partial charge in [-0.05, 0) is 18.2 Å². The van der Waals surface area contributed by atoms with Gasteiger partial charge in [-0.25, -0.2) is 0 Å². The molecule has 13 heavy (non-hydrogen) atoms. The zero-order valence-corrected chi connectivity index (χ0v) is 9.54. The van der Waals surface area contributed by atoms with Crippen LogP contribution in [0.1, 0.15) is 10.4 Å². The molecule has 0 radical (unpaired) electrons. The Balaban J connectivity index is 2.82. The summed E-state index contributed by atoms with van der Waals surface area (Å²) >= 11 is 10.7. The first-order valence-electron chi connectivity index (χ1n) is 3.54. The molecule has 1 aromatic heterocycles. The quantitative estimate of drug-likeness (QED) is 0.715. The van der Waals surface area contributed by atoms with E-state index in [1.165, 1.54) is 11.3 Å². The van der Waals surface area contributed by atoms with E-state index in [0.29, 0.717) is 5.56 Å². The fourth-order valence-electron chi connectivity index (χ4n) is 1.15. The zero-order chi connectivity index (χ0) is 9.42. The number of rotatable bonds is 1. The van der Waals surface area contributed by atoms with Crippen molar-refractivity contribution in [1.29, 1.82) is 0 Å². The van der Waals surface area contributed by atoms with Gasteiger partial charge in [-0.1, -0.05) is 27.5 Å². The third kappa shape index (κ3) is 1.64. The van der Waals surface area contributed by atoms with E-state index >= 15 is 0 Å². The van der Waals surface area contributed by atoms with Gasteiger partial charge in [-0.2, -0.15) is 0 Å². The first kappa shape index (κ1) is 9.19. The van der Waals surface area contributed by atoms with Crippen LogP contribution >= 0.6 is 38.9 Å². The molecule has 0 aliphatic rings. The number of hydrogen-bond acceptors (Lipinski definition) is 2. The van der Waals surface area contributed by atoms with Gasteiger partial charge in [0.1, 0.15) is 6.29 Å². The summed E-state index contributed by atoms with van der Waals surface area (Å²) in [4.78, 5) is 10.6. The third-order valence-corrected chi connectivity index (χ3v) is 3.58. The number of benzene rings is 1. The summed E-state index contributed by atoms with van der Waals surface area (Å²) in [6, 6.07) is 5.52. The Kier molecular flexibility index (Phi) is 2.41. The molecule has 0 amide bonds. The van der Waals surface area contributed by atoms with Crippen LogP contribution in [0.3, 0.4) is 0 Å². The molecule has 0 bridgehead atoms. The summed E-state index contributed by atoms with van der Waals surface area (Å²) in [5, 5.41) is 1.06. The van der Waals surface area contributed by atoms with E-state index in [-0.39, 0.29) is 0 Å². The average Bonchev–Trinajstić information content (AvgIpc) is 2.46. The van der Waals surface area contributed by atoms with Crippen LogP contribution in [0.2, 0.25) is 4.34 Å². The van der Waals surface area contributed by atoms with Crippen LogP contribution in [0.4, 0.5) is 0 Å². The molecule has 1 aromatic carbocycles. The minimum absolute atomic E-state index is 0.665. The van der Waals surface area contributed by atoms with Gasteiger partial charge >= 0.3 is 0 Å². The van der Waals surface area contributed by atoms with Crippen molar-refractivity contribution in [1.82, 2.24) is 0 Å². The molecule has 0 saturated carbocycles. The van der Waals surface area contributed by atoms with Crippen molar-refractivity contribution in [2.75, 3.05) is 0 Å².